The Morgan fingerprint density at radius 1 is 1.48 bits per heavy atom. The summed E-state index contributed by atoms with van der Waals surface area (Å²) in [6, 6.07) is 6.05. The van der Waals surface area contributed by atoms with Crippen LogP contribution in [0, 0.1) is 0 Å². The van der Waals surface area contributed by atoms with E-state index in [2.05, 4.69) is 4.90 Å². The van der Waals surface area contributed by atoms with Gasteiger partial charge >= 0.3 is 5.97 Å². The van der Waals surface area contributed by atoms with Gasteiger partial charge in [-0.2, -0.15) is 0 Å². The maximum absolute atomic E-state index is 12.0. The van der Waals surface area contributed by atoms with Crippen molar-refractivity contribution in [3.63, 3.8) is 0 Å². The highest BCUT2D eigenvalue weighted by atomic mass is 16.5. The fourth-order valence-electron chi connectivity index (χ4n) is 3.35. The van der Waals surface area contributed by atoms with Crippen LogP contribution < -0.4 is 10.6 Å². The van der Waals surface area contributed by atoms with Crippen LogP contribution in [0.2, 0.25) is 0 Å². The SMILES string of the molecule is CCOC(=O)c1cc(N2CCOC3CCCC32)ccc1N. The average Bonchev–Trinajstić information content (AvgIpc) is 2.96. The number of benzene rings is 1. The minimum absolute atomic E-state index is 0.322. The van der Waals surface area contributed by atoms with Crippen LogP contribution in [-0.2, 0) is 9.47 Å². The Bertz CT molecular complexity index is 532. The van der Waals surface area contributed by atoms with Crippen molar-refractivity contribution >= 4 is 17.3 Å². The van der Waals surface area contributed by atoms with Gasteiger partial charge in [0.2, 0.25) is 0 Å². The number of esters is 1. The summed E-state index contributed by atoms with van der Waals surface area (Å²) in [6.07, 6.45) is 3.79. The van der Waals surface area contributed by atoms with E-state index in [-0.39, 0.29) is 5.97 Å². The summed E-state index contributed by atoms with van der Waals surface area (Å²) in [6.45, 7) is 3.74. The smallest absolute Gasteiger partial charge is 0.340 e. The molecule has 1 saturated carbocycles. The van der Waals surface area contributed by atoms with Crippen LogP contribution in [-0.4, -0.2) is 37.9 Å². The van der Waals surface area contributed by atoms with E-state index in [1.807, 2.05) is 12.1 Å². The second-order valence-electron chi connectivity index (χ2n) is 5.59. The van der Waals surface area contributed by atoms with E-state index >= 15 is 0 Å². The normalized spacial score (nSPS) is 24.7. The van der Waals surface area contributed by atoms with E-state index in [0.717, 1.165) is 31.7 Å². The molecule has 1 aliphatic carbocycles. The van der Waals surface area contributed by atoms with Crippen molar-refractivity contribution in [2.24, 2.45) is 0 Å². The number of ether oxygens (including phenoxy) is 2. The van der Waals surface area contributed by atoms with E-state index in [9.17, 15) is 4.79 Å². The molecule has 2 unspecified atom stereocenters. The molecule has 1 saturated heterocycles. The summed E-state index contributed by atoms with van der Waals surface area (Å²) in [7, 11) is 0. The van der Waals surface area contributed by atoms with Crippen LogP contribution in [0.15, 0.2) is 18.2 Å². The third kappa shape index (κ3) is 2.70. The van der Waals surface area contributed by atoms with Gasteiger partial charge in [-0.1, -0.05) is 0 Å². The Balaban J connectivity index is 1.88. The molecule has 0 bridgehead atoms. The number of carbonyl (C=O) groups excluding carboxylic acids is 1. The Labute approximate surface area is 125 Å². The van der Waals surface area contributed by atoms with E-state index in [4.69, 9.17) is 15.2 Å². The third-order valence-corrected chi connectivity index (χ3v) is 4.35. The molecule has 0 radical (unpaired) electrons. The number of nitrogens with zero attached hydrogens (tertiary/aromatic N) is 1. The molecule has 0 amide bonds. The number of hydrogen-bond donors (Lipinski definition) is 1. The summed E-state index contributed by atoms with van der Waals surface area (Å²) in [5.74, 6) is -0.354. The average molecular weight is 290 g/mol. The maximum Gasteiger partial charge on any atom is 0.340 e. The van der Waals surface area contributed by atoms with Gasteiger partial charge in [-0.25, -0.2) is 4.79 Å². The monoisotopic (exact) mass is 290 g/mol. The molecular formula is C16H22N2O3. The van der Waals surface area contributed by atoms with Crippen LogP contribution in [0.1, 0.15) is 36.5 Å². The number of nitrogen functional groups attached to an aromatic ring is 1. The zero-order chi connectivity index (χ0) is 14.8. The van der Waals surface area contributed by atoms with Crippen LogP contribution >= 0.6 is 0 Å². The van der Waals surface area contributed by atoms with Crippen LogP contribution in [0.4, 0.5) is 11.4 Å². The molecule has 1 heterocycles. The number of fused-ring (bicyclic) bond motifs is 1. The van der Waals surface area contributed by atoms with Crippen molar-refractivity contribution in [1.29, 1.82) is 0 Å². The largest absolute Gasteiger partial charge is 0.462 e. The van der Waals surface area contributed by atoms with E-state index in [1.54, 1.807) is 13.0 Å². The number of carbonyl (C=O) groups is 1. The molecule has 1 aromatic rings. The lowest BCUT2D eigenvalue weighted by Crippen LogP contribution is -2.48. The summed E-state index contributed by atoms with van der Waals surface area (Å²) in [5.41, 5.74) is 7.87. The van der Waals surface area contributed by atoms with Crippen molar-refractivity contribution in [2.75, 3.05) is 30.4 Å². The molecular weight excluding hydrogens is 268 g/mol. The lowest BCUT2D eigenvalue weighted by atomic mass is 10.1. The van der Waals surface area contributed by atoms with Gasteiger partial charge in [0.25, 0.3) is 0 Å². The summed E-state index contributed by atoms with van der Waals surface area (Å²) < 4.78 is 10.9. The van der Waals surface area contributed by atoms with Crippen LogP contribution in [0.25, 0.3) is 0 Å². The summed E-state index contributed by atoms with van der Waals surface area (Å²) in [4.78, 5) is 14.3. The Kier molecular flexibility index (Phi) is 4.01. The van der Waals surface area contributed by atoms with Crippen LogP contribution in [0.3, 0.4) is 0 Å². The number of anilines is 2. The van der Waals surface area contributed by atoms with Gasteiger partial charge in [-0.3, -0.25) is 0 Å². The van der Waals surface area contributed by atoms with Gasteiger partial charge in [0.05, 0.1) is 30.9 Å². The molecule has 0 aromatic heterocycles. The number of morpholine rings is 1. The van der Waals surface area contributed by atoms with E-state index in [1.165, 1.54) is 6.42 Å². The van der Waals surface area contributed by atoms with E-state index < -0.39 is 0 Å². The standard InChI is InChI=1S/C16H22N2O3/c1-2-20-16(19)12-10-11(6-7-13(12)17)18-8-9-21-15-5-3-4-14(15)18/h6-7,10,14-15H,2-5,8-9,17H2,1H3. The number of rotatable bonds is 3. The first-order chi connectivity index (χ1) is 10.2. The molecule has 2 N–H and O–H groups in total. The molecule has 2 atom stereocenters. The van der Waals surface area contributed by atoms with Gasteiger partial charge in [0.15, 0.2) is 0 Å². The van der Waals surface area contributed by atoms with Crippen molar-refractivity contribution in [1.82, 2.24) is 0 Å². The molecule has 2 fully saturated rings. The van der Waals surface area contributed by atoms with Gasteiger partial charge in [0, 0.05) is 17.9 Å². The summed E-state index contributed by atoms with van der Waals surface area (Å²) >= 11 is 0. The number of nitrogens with two attached hydrogens (primary N) is 1. The highest BCUT2D eigenvalue weighted by Gasteiger charge is 2.36. The molecule has 3 rings (SSSR count). The highest BCUT2D eigenvalue weighted by Crippen LogP contribution is 2.34. The van der Waals surface area contributed by atoms with Gasteiger partial charge in [0.1, 0.15) is 0 Å². The van der Waals surface area contributed by atoms with Crippen LogP contribution in [0.5, 0.6) is 0 Å². The molecule has 1 aliphatic heterocycles. The quantitative estimate of drug-likeness (QED) is 0.683. The van der Waals surface area contributed by atoms with Gasteiger partial charge in [-0.05, 0) is 44.4 Å². The van der Waals surface area contributed by atoms with Crippen molar-refractivity contribution in [3.05, 3.63) is 23.8 Å². The lowest BCUT2D eigenvalue weighted by Gasteiger charge is -2.39. The first kappa shape index (κ1) is 14.2. The Morgan fingerprint density at radius 2 is 2.33 bits per heavy atom. The topological polar surface area (TPSA) is 64.8 Å². The second kappa shape index (κ2) is 5.93. The fourth-order valence-corrected chi connectivity index (χ4v) is 3.35. The first-order valence-corrected chi connectivity index (χ1v) is 7.65. The summed E-state index contributed by atoms with van der Waals surface area (Å²) in [5, 5.41) is 0. The molecule has 1 aromatic carbocycles. The lowest BCUT2D eigenvalue weighted by molar-refractivity contribution is 0.0256. The minimum atomic E-state index is -0.354. The number of hydrogen-bond acceptors (Lipinski definition) is 5. The van der Waals surface area contributed by atoms with Crippen molar-refractivity contribution in [3.8, 4) is 0 Å². The predicted molar refractivity (Wildman–Crippen MR) is 81.5 cm³/mol. The molecule has 5 heteroatoms. The second-order valence-corrected chi connectivity index (χ2v) is 5.59. The van der Waals surface area contributed by atoms with Crippen molar-refractivity contribution in [2.45, 2.75) is 38.3 Å². The van der Waals surface area contributed by atoms with Crippen molar-refractivity contribution < 1.29 is 14.3 Å². The minimum Gasteiger partial charge on any atom is -0.462 e. The zero-order valence-corrected chi connectivity index (χ0v) is 12.4. The Hall–Kier alpha value is -1.75. The molecule has 114 valence electrons. The Morgan fingerprint density at radius 3 is 3.14 bits per heavy atom. The fraction of sp³-hybridized carbons (Fsp3) is 0.562. The first-order valence-electron chi connectivity index (χ1n) is 7.65. The van der Waals surface area contributed by atoms with E-state index in [0.29, 0.717) is 30.0 Å². The molecule has 5 nitrogen and oxygen atoms in total. The van der Waals surface area contributed by atoms with Gasteiger partial charge < -0.3 is 20.1 Å². The highest BCUT2D eigenvalue weighted by molar-refractivity contribution is 5.96. The zero-order valence-electron chi connectivity index (χ0n) is 12.4. The molecule has 2 aliphatic rings. The predicted octanol–water partition coefficient (Wildman–Crippen LogP) is 2.20. The molecule has 0 spiro atoms. The third-order valence-electron chi connectivity index (χ3n) is 4.35. The van der Waals surface area contributed by atoms with Gasteiger partial charge in [-0.15, -0.1) is 0 Å². The molecule has 21 heavy (non-hydrogen) atoms. The maximum atomic E-state index is 12.0.